The largest absolute Gasteiger partial charge is 0.478 e. The number of nitrogens with zero attached hydrogens (tertiary/aromatic N) is 4. The molecule has 0 fully saturated rings. The molecule has 3 aromatic rings. The van der Waals surface area contributed by atoms with Crippen LogP contribution in [0.3, 0.4) is 0 Å². The summed E-state index contributed by atoms with van der Waals surface area (Å²) in [6.07, 6.45) is 0.295. The number of carboxylic acids is 1. The van der Waals surface area contributed by atoms with Crippen LogP contribution >= 0.6 is 11.3 Å². The van der Waals surface area contributed by atoms with E-state index >= 15 is 0 Å². The van der Waals surface area contributed by atoms with Gasteiger partial charge in [-0.15, -0.1) is 11.3 Å². The van der Waals surface area contributed by atoms with Crippen LogP contribution in [0.5, 0.6) is 0 Å². The van der Waals surface area contributed by atoms with E-state index in [0.29, 0.717) is 35.4 Å². The summed E-state index contributed by atoms with van der Waals surface area (Å²) in [5, 5.41) is 25.0. The lowest BCUT2D eigenvalue weighted by Gasteiger charge is -2.04. The molecular formula is C15H12N4O2S. The molecule has 0 spiro atoms. The third-order valence-electron chi connectivity index (χ3n) is 3.32. The number of aryl methyl sites for hydroxylation is 2. The highest BCUT2D eigenvalue weighted by atomic mass is 32.1. The number of carbonyl (C=O) groups is 1. The Morgan fingerprint density at radius 1 is 1.55 bits per heavy atom. The summed E-state index contributed by atoms with van der Waals surface area (Å²) in [5.41, 5.74) is 1.92. The third-order valence-corrected chi connectivity index (χ3v) is 4.21. The molecular weight excluding hydrogens is 300 g/mol. The van der Waals surface area contributed by atoms with Gasteiger partial charge in [-0.3, -0.25) is 0 Å². The van der Waals surface area contributed by atoms with E-state index in [-0.39, 0.29) is 5.56 Å². The summed E-state index contributed by atoms with van der Waals surface area (Å²) < 4.78 is 1.61. The summed E-state index contributed by atoms with van der Waals surface area (Å²) in [6, 6.07) is 7.44. The normalized spacial score (nSPS) is 10.7. The fraction of sp³-hybridized carbons (Fsp3) is 0.200. The number of pyridine rings is 1. The van der Waals surface area contributed by atoms with Gasteiger partial charge in [0.05, 0.1) is 46.2 Å². The van der Waals surface area contributed by atoms with Gasteiger partial charge < -0.3 is 5.11 Å². The highest BCUT2D eigenvalue weighted by Crippen LogP contribution is 2.29. The topological polar surface area (TPSA) is 91.8 Å². The number of hydrogen-bond acceptors (Lipinski definition) is 5. The van der Waals surface area contributed by atoms with Crippen LogP contribution in [0.15, 0.2) is 23.6 Å². The SMILES string of the molecule is Cc1nn(CCC#N)c2nc(-c3cccs3)cc(C(=O)O)c12. The third kappa shape index (κ3) is 2.34. The van der Waals surface area contributed by atoms with E-state index in [2.05, 4.69) is 16.2 Å². The monoisotopic (exact) mass is 312 g/mol. The molecule has 0 atom stereocenters. The van der Waals surface area contributed by atoms with Gasteiger partial charge in [0.2, 0.25) is 0 Å². The van der Waals surface area contributed by atoms with Crippen LogP contribution in [-0.4, -0.2) is 25.8 Å². The zero-order valence-electron chi connectivity index (χ0n) is 11.8. The lowest BCUT2D eigenvalue weighted by molar-refractivity contribution is 0.0699. The first kappa shape index (κ1) is 14.2. The second-order valence-electron chi connectivity index (χ2n) is 4.75. The summed E-state index contributed by atoms with van der Waals surface area (Å²) >= 11 is 1.50. The first-order chi connectivity index (χ1) is 10.6. The van der Waals surface area contributed by atoms with E-state index in [0.717, 1.165) is 4.88 Å². The van der Waals surface area contributed by atoms with Crippen LogP contribution in [0.2, 0.25) is 0 Å². The van der Waals surface area contributed by atoms with Crippen LogP contribution in [0.25, 0.3) is 21.6 Å². The Kier molecular flexibility index (Phi) is 3.61. The molecule has 0 unspecified atom stereocenters. The minimum Gasteiger partial charge on any atom is -0.478 e. The number of aromatic carboxylic acids is 1. The van der Waals surface area contributed by atoms with Crippen LogP contribution in [-0.2, 0) is 6.54 Å². The van der Waals surface area contributed by atoms with Crippen molar-refractivity contribution in [1.29, 1.82) is 5.26 Å². The maximum atomic E-state index is 11.6. The number of hydrogen-bond donors (Lipinski definition) is 1. The predicted octanol–water partition coefficient (Wildman–Crippen LogP) is 3.08. The Hall–Kier alpha value is -2.72. The molecule has 0 aliphatic rings. The van der Waals surface area contributed by atoms with E-state index in [4.69, 9.17) is 5.26 Å². The van der Waals surface area contributed by atoms with Crippen LogP contribution in [0.4, 0.5) is 0 Å². The molecule has 22 heavy (non-hydrogen) atoms. The van der Waals surface area contributed by atoms with Crippen molar-refractivity contribution in [2.45, 2.75) is 19.9 Å². The van der Waals surface area contributed by atoms with Crippen molar-refractivity contribution >= 4 is 28.3 Å². The zero-order chi connectivity index (χ0) is 15.7. The second kappa shape index (κ2) is 5.58. The molecule has 0 bridgehead atoms. The highest BCUT2D eigenvalue weighted by molar-refractivity contribution is 7.13. The Morgan fingerprint density at radius 3 is 3.00 bits per heavy atom. The number of rotatable bonds is 4. The number of aromatic nitrogens is 3. The molecule has 0 aliphatic heterocycles. The van der Waals surface area contributed by atoms with Gasteiger partial charge in [-0.05, 0) is 24.4 Å². The molecule has 1 N–H and O–H groups in total. The van der Waals surface area contributed by atoms with Crippen molar-refractivity contribution in [3.05, 3.63) is 34.8 Å². The first-order valence-electron chi connectivity index (χ1n) is 6.64. The van der Waals surface area contributed by atoms with Gasteiger partial charge in [0, 0.05) is 0 Å². The van der Waals surface area contributed by atoms with Gasteiger partial charge in [-0.2, -0.15) is 10.4 Å². The average molecular weight is 312 g/mol. The molecule has 0 radical (unpaired) electrons. The molecule has 0 saturated heterocycles. The Morgan fingerprint density at radius 2 is 2.36 bits per heavy atom. The molecule has 110 valence electrons. The summed E-state index contributed by atoms with van der Waals surface area (Å²) in [7, 11) is 0. The Balaban J connectivity index is 2.29. The minimum absolute atomic E-state index is 0.189. The van der Waals surface area contributed by atoms with Gasteiger partial charge in [-0.25, -0.2) is 14.5 Å². The fourth-order valence-corrected chi connectivity index (χ4v) is 3.07. The molecule has 7 heteroatoms. The fourth-order valence-electron chi connectivity index (χ4n) is 2.38. The van der Waals surface area contributed by atoms with Crippen molar-refractivity contribution in [3.8, 4) is 16.6 Å². The molecule has 3 aromatic heterocycles. The Bertz CT molecular complexity index is 891. The molecule has 3 rings (SSSR count). The van der Waals surface area contributed by atoms with E-state index < -0.39 is 5.97 Å². The predicted molar refractivity (Wildman–Crippen MR) is 82.8 cm³/mol. The quantitative estimate of drug-likeness (QED) is 0.799. The minimum atomic E-state index is -1.01. The lowest BCUT2D eigenvalue weighted by atomic mass is 10.1. The maximum Gasteiger partial charge on any atom is 0.336 e. The molecule has 0 aromatic carbocycles. The Labute approximate surface area is 130 Å². The van der Waals surface area contributed by atoms with Gasteiger partial charge >= 0.3 is 5.97 Å². The number of fused-ring (bicyclic) bond motifs is 1. The van der Waals surface area contributed by atoms with Crippen molar-refractivity contribution in [2.24, 2.45) is 0 Å². The van der Waals surface area contributed by atoms with E-state index in [1.54, 1.807) is 17.7 Å². The summed E-state index contributed by atoms with van der Waals surface area (Å²) in [6.45, 7) is 2.14. The standard InChI is InChI=1S/C15H12N4O2S/c1-9-13-10(15(20)21)8-11(12-4-2-7-22-12)17-14(13)19(18-9)6-3-5-16/h2,4,7-8H,3,6H2,1H3,(H,20,21). The van der Waals surface area contributed by atoms with Gasteiger partial charge in [-0.1, -0.05) is 6.07 Å². The van der Waals surface area contributed by atoms with Crippen molar-refractivity contribution in [3.63, 3.8) is 0 Å². The van der Waals surface area contributed by atoms with Crippen LogP contribution in [0.1, 0.15) is 22.5 Å². The van der Waals surface area contributed by atoms with E-state index in [1.807, 2.05) is 17.5 Å². The van der Waals surface area contributed by atoms with E-state index in [9.17, 15) is 9.90 Å². The smallest absolute Gasteiger partial charge is 0.336 e. The molecule has 3 heterocycles. The molecule has 6 nitrogen and oxygen atoms in total. The van der Waals surface area contributed by atoms with Crippen molar-refractivity contribution in [2.75, 3.05) is 0 Å². The van der Waals surface area contributed by atoms with Crippen molar-refractivity contribution < 1.29 is 9.90 Å². The van der Waals surface area contributed by atoms with Crippen LogP contribution < -0.4 is 0 Å². The highest BCUT2D eigenvalue weighted by Gasteiger charge is 2.19. The molecule has 0 aliphatic carbocycles. The second-order valence-corrected chi connectivity index (χ2v) is 5.70. The first-order valence-corrected chi connectivity index (χ1v) is 7.52. The maximum absolute atomic E-state index is 11.6. The summed E-state index contributed by atoms with van der Waals surface area (Å²) in [5.74, 6) is -1.01. The van der Waals surface area contributed by atoms with Gasteiger partial charge in [0.1, 0.15) is 0 Å². The number of nitriles is 1. The number of carboxylic acid groups (broad SMARTS) is 1. The van der Waals surface area contributed by atoms with Crippen LogP contribution in [0, 0.1) is 18.3 Å². The van der Waals surface area contributed by atoms with Gasteiger partial charge in [0.25, 0.3) is 0 Å². The van der Waals surface area contributed by atoms with Gasteiger partial charge in [0.15, 0.2) is 5.65 Å². The zero-order valence-corrected chi connectivity index (χ0v) is 12.6. The summed E-state index contributed by atoms with van der Waals surface area (Å²) in [4.78, 5) is 17.1. The molecule has 0 amide bonds. The molecule has 0 saturated carbocycles. The van der Waals surface area contributed by atoms with Crippen molar-refractivity contribution in [1.82, 2.24) is 14.8 Å². The lowest BCUT2D eigenvalue weighted by Crippen LogP contribution is -2.03. The average Bonchev–Trinajstić information content (AvgIpc) is 3.13. The van der Waals surface area contributed by atoms with E-state index in [1.165, 1.54) is 11.3 Å². The number of thiophene rings is 1.